The SMILES string of the molecule is Cc1ccsc1NC(=O)c1cnoc1. The van der Waals surface area contributed by atoms with E-state index in [4.69, 9.17) is 0 Å². The van der Waals surface area contributed by atoms with E-state index >= 15 is 0 Å². The lowest BCUT2D eigenvalue weighted by Gasteiger charge is -2.00. The van der Waals surface area contributed by atoms with E-state index in [0.29, 0.717) is 5.56 Å². The van der Waals surface area contributed by atoms with E-state index in [1.54, 1.807) is 0 Å². The minimum absolute atomic E-state index is 0.197. The molecule has 0 spiro atoms. The van der Waals surface area contributed by atoms with Crippen molar-refractivity contribution in [1.82, 2.24) is 5.16 Å². The molecule has 5 heteroatoms. The molecule has 2 aromatic rings. The highest BCUT2D eigenvalue weighted by Crippen LogP contribution is 2.22. The number of hydrogen-bond acceptors (Lipinski definition) is 4. The van der Waals surface area contributed by atoms with Gasteiger partial charge in [0.2, 0.25) is 0 Å². The van der Waals surface area contributed by atoms with Crippen molar-refractivity contribution in [3.8, 4) is 0 Å². The molecule has 0 aliphatic rings. The van der Waals surface area contributed by atoms with Crippen molar-refractivity contribution < 1.29 is 9.32 Å². The van der Waals surface area contributed by atoms with E-state index in [0.717, 1.165) is 10.6 Å². The van der Waals surface area contributed by atoms with E-state index < -0.39 is 0 Å². The molecular formula is C9H8N2O2S. The molecule has 0 radical (unpaired) electrons. The zero-order chi connectivity index (χ0) is 9.97. The lowest BCUT2D eigenvalue weighted by molar-refractivity contribution is 0.102. The number of nitrogens with zero attached hydrogens (tertiary/aromatic N) is 1. The lowest BCUT2D eigenvalue weighted by Crippen LogP contribution is -2.10. The Kier molecular flexibility index (Phi) is 2.32. The number of thiophene rings is 1. The van der Waals surface area contributed by atoms with Gasteiger partial charge < -0.3 is 9.84 Å². The van der Waals surface area contributed by atoms with Crippen molar-refractivity contribution in [2.45, 2.75) is 6.92 Å². The van der Waals surface area contributed by atoms with Crippen LogP contribution in [0.2, 0.25) is 0 Å². The second-order valence-corrected chi connectivity index (χ2v) is 3.72. The molecule has 2 heterocycles. The molecule has 1 N–H and O–H groups in total. The molecule has 0 bridgehead atoms. The fourth-order valence-corrected chi connectivity index (χ4v) is 1.81. The number of amides is 1. The van der Waals surface area contributed by atoms with Crippen LogP contribution in [0.5, 0.6) is 0 Å². The molecule has 0 unspecified atom stereocenters. The van der Waals surface area contributed by atoms with Crippen molar-refractivity contribution in [2.24, 2.45) is 0 Å². The average molecular weight is 208 g/mol. The molecule has 0 aliphatic carbocycles. The monoisotopic (exact) mass is 208 g/mol. The van der Waals surface area contributed by atoms with Gasteiger partial charge in [-0.1, -0.05) is 5.16 Å². The van der Waals surface area contributed by atoms with Gasteiger partial charge in [-0.15, -0.1) is 11.3 Å². The van der Waals surface area contributed by atoms with Gasteiger partial charge in [-0.25, -0.2) is 0 Å². The van der Waals surface area contributed by atoms with Crippen molar-refractivity contribution >= 4 is 22.2 Å². The molecule has 0 atom stereocenters. The number of rotatable bonds is 2. The van der Waals surface area contributed by atoms with Crippen LogP contribution in [0.1, 0.15) is 15.9 Å². The molecule has 0 saturated carbocycles. The Balaban J connectivity index is 2.13. The second-order valence-electron chi connectivity index (χ2n) is 2.80. The van der Waals surface area contributed by atoms with Crippen LogP contribution in [0.4, 0.5) is 5.00 Å². The summed E-state index contributed by atoms with van der Waals surface area (Å²) in [6.45, 7) is 1.94. The summed E-state index contributed by atoms with van der Waals surface area (Å²) in [5, 5.41) is 9.02. The first-order valence-electron chi connectivity index (χ1n) is 4.02. The van der Waals surface area contributed by atoms with Crippen LogP contribution in [0.25, 0.3) is 0 Å². The molecule has 0 aliphatic heterocycles. The Bertz CT molecular complexity index is 433. The zero-order valence-electron chi connectivity index (χ0n) is 7.48. The fraction of sp³-hybridized carbons (Fsp3) is 0.111. The van der Waals surface area contributed by atoms with Crippen LogP contribution in [0, 0.1) is 6.92 Å². The molecule has 0 fully saturated rings. The summed E-state index contributed by atoms with van der Waals surface area (Å²) in [5.41, 5.74) is 1.48. The molecule has 1 amide bonds. The molecule has 2 aromatic heterocycles. The highest BCUT2D eigenvalue weighted by molar-refractivity contribution is 7.14. The van der Waals surface area contributed by atoms with Crippen LogP contribution < -0.4 is 5.32 Å². The van der Waals surface area contributed by atoms with E-state index in [9.17, 15) is 4.79 Å². The molecule has 4 nitrogen and oxygen atoms in total. The van der Waals surface area contributed by atoms with Gasteiger partial charge in [0.1, 0.15) is 6.26 Å². The van der Waals surface area contributed by atoms with Crippen molar-refractivity contribution in [3.05, 3.63) is 35.0 Å². The first-order valence-corrected chi connectivity index (χ1v) is 4.90. The molecule has 0 saturated heterocycles. The third-order valence-corrected chi connectivity index (χ3v) is 2.72. The Labute approximate surface area is 84.5 Å². The fourth-order valence-electron chi connectivity index (χ4n) is 0.993. The van der Waals surface area contributed by atoms with Gasteiger partial charge in [-0.3, -0.25) is 4.79 Å². The second kappa shape index (κ2) is 3.63. The molecule has 2 rings (SSSR count). The standard InChI is InChI=1S/C9H8N2O2S/c1-6-2-3-14-9(6)11-8(12)7-4-10-13-5-7/h2-5H,1H3,(H,11,12). The first kappa shape index (κ1) is 8.96. The van der Waals surface area contributed by atoms with Crippen molar-refractivity contribution in [2.75, 3.05) is 5.32 Å². The Morgan fingerprint density at radius 3 is 3.07 bits per heavy atom. The summed E-state index contributed by atoms with van der Waals surface area (Å²) in [5.74, 6) is -0.197. The van der Waals surface area contributed by atoms with Crippen LogP contribution in [0.15, 0.2) is 28.4 Å². The number of carbonyl (C=O) groups is 1. The number of anilines is 1. The quantitative estimate of drug-likeness (QED) is 0.823. The predicted molar refractivity (Wildman–Crippen MR) is 53.5 cm³/mol. The smallest absolute Gasteiger partial charge is 0.261 e. The molecular weight excluding hydrogens is 200 g/mol. The highest BCUT2D eigenvalue weighted by atomic mass is 32.1. The van der Waals surface area contributed by atoms with Gasteiger partial charge in [0, 0.05) is 0 Å². The topological polar surface area (TPSA) is 55.1 Å². The first-order chi connectivity index (χ1) is 6.77. The van der Waals surface area contributed by atoms with E-state index in [-0.39, 0.29) is 5.91 Å². The van der Waals surface area contributed by atoms with Gasteiger partial charge in [0.15, 0.2) is 0 Å². The summed E-state index contributed by atoms with van der Waals surface area (Å²) in [6, 6.07) is 1.95. The van der Waals surface area contributed by atoms with Crippen molar-refractivity contribution in [3.63, 3.8) is 0 Å². The summed E-state index contributed by atoms with van der Waals surface area (Å²) < 4.78 is 4.58. The highest BCUT2D eigenvalue weighted by Gasteiger charge is 2.09. The molecule has 72 valence electrons. The van der Waals surface area contributed by atoms with Gasteiger partial charge in [-0.2, -0.15) is 0 Å². The number of carbonyl (C=O) groups excluding carboxylic acids is 1. The number of nitrogens with one attached hydrogen (secondary N) is 1. The summed E-state index contributed by atoms with van der Waals surface area (Å²) in [6.07, 6.45) is 2.70. The summed E-state index contributed by atoms with van der Waals surface area (Å²) >= 11 is 1.49. The Morgan fingerprint density at radius 2 is 2.50 bits per heavy atom. The third kappa shape index (κ3) is 1.67. The number of aromatic nitrogens is 1. The van der Waals surface area contributed by atoms with Crippen LogP contribution in [-0.2, 0) is 0 Å². The van der Waals surface area contributed by atoms with E-state index in [1.807, 2.05) is 18.4 Å². The summed E-state index contributed by atoms with van der Waals surface area (Å²) in [4.78, 5) is 11.5. The van der Waals surface area contributed by atoms with Crippen molar-refractivity contribution in [1.29, 1.82) is 0 Å². The van der Waals surface area contributed by atoms with Crippen LogP contribution in [0.3, 0.4) is 0 Å². The van der Waals surface area contributed by atoms with E-state index in [2.05, 4.69) is 15.0 Å². The Hall–Kier alpha value is -1.62. The minimum Gasteiger partial charge on any atom is -0.364 e. The zero-order valence-corrected chi connectivity index (χ0v) is 8.30. The van der Waals surface area contributed by atoms with Crippen LogP contribution >= 0.6 is 11.3 Å². The maximum atomic E-state index is 11.5. The Morgan fingerprint density at radius 1 is 1.64 bits per heavy atom. The third-order valence-electron chi connectivity index (χ3n) is 1.78. The maximum Gasteiger partial charge on any atom is 0.261 e. The maximum absolute atomic E-state index is 11.5. The lowest BCUT2D eigenvalue weighted by atomic mass is 10.3. The molecule has 0 aromatic carbocycles. The van der Waals surface area contributed by atoms with Gasteiger partial charge in [0.05, 0.1) is 16.8 Å². The number of hydrogen-bond donors (Lipinski definition) is 1. The summed E-state index contributed by atoms with van der Waals surface area (Å²) in [7, 11) is 0. The van der Waals surface area contributed by atoms with E-state index in [1.165, 1.54) is 23.8 Å². The normalized spacial score (nSPS) is 10.1. The van der Waals surface area contributed by atoms with Gasteiger partial charge >= 0.3 is 0 Å². The molecule has 14 heavy (non-hydrogen) atoms. The average Bonchev–Trinajstić information content (AvgIpc) is 2.77. The van der Waals surface area contributed by atoms with Gasteiger partial charge in [-0.05, 0) is 23.9 Å². The minimum atomic E-state index is -0.197. The largest absolute Gasteiger partial charge is 0.364 e. The number of aryl methyl sites for hydroxylation is 1. The van der Waals surface area contributed by atoms with Gasteiger partial charge in [0.25, 0.3) is 5.91 Å². The predicted octanol–water partition coefficient (Wildman–Crippen LogP) is 2.30. The van der Waals surface area contributed by atoms with Crippen LogP contribution in [-0.4, -0.2) is 11.1 Å².